The molecule has 1 heterocycles. The van der Waals surface area contributed by atoms with Gasteiger partial charge in [-0.15, -0.1) is 0 Å². The molecule has 0 radical (unpaired) electrons. The molecule has 3 aromatic rings. The zero-order valence-electron chi connectivity index (χ0n) is 16.7. The Balaban J connectivity index is 1.64. The first-order chi connectivity index (χ1) is 14.0. The molecule has 2 aromatic carbocycles. The third-order valence-corrected chi connectivity index (χ3v) is 5.36. The minimum Gasteiger partial charge on any atom is -0.408 e. The van der Waals surface area contributed by atoms with Gasteiger partial charge in [-0.2, -0.15) is 0 Å². The van der Waals surface area contributed by atoms with Gasteiger partial charge in [0.1, 0.15) is 0 Å². The first-order valence-corrected chi connectivity index (χ1v) is 10.3. The molecule has 7 heteroatoms. The van der Waals surface area contributed by atoms with Crippen LogP contribution in [-0.4, -0.2) is 35.0 Å². The highest BCUT2D eigenvalue weighted by molar-refractivity contribution is 6.31. The number of hydrogen-bond acceptors (Lipinski definition) is 4. The number of aryl methyl sites for hydroxylation is 1. The minimum absolute atomic E-state index is 0.103. The zero-order valence-corrected chi connectivity index (χ0v) is 17.5. The number of likely N-dealkylation sites (N-methyl/N-ethyl adjacent to an activating group) is 1. The van der Waals surface area contributed by atoms with Crippen LogP contribution in [0.5, 0.6) is 0 Å². The second-order valence-electron chi connectivity index (χ2n) is 6.83. The van der Waals surface area contributed by atoms with Crippen LogP contribution in [0.25, 0.3) is 11.1 Å². The summed E-state index contributed by atoms with van der Waals surface area (Å²) in [5.41, 5.74) is 2.23. The molecule has 6 nitrogen and oxygen atoms in total. The number of fused-ring (bicyclic) bond motifs is 1. The van der Waals surface area contributed by atoms with Crippen LogP contribution in [0.1, 0.15) is 31.9 Å². The molecular weight excluding hydrogens is 390 g/mol. The van der Waals surface area contributed by atoms with Gasteiger partial charge in [0.05, 0.1) is 11.6 Å². The number of rotatable bonds is 9. The molecule has 1 atom stereocenters. The Morgan fingerprint density at radius 1 is 1.17 bits per heavy atom. The number of halogens is 1. The molecule has 0 bridgehead atoms. The number of benzene rings is 2. The zero-order chi connectivity index (χ0) is 20.8. The van der Waals surface area contributed by atoms with E-state index in [1.165, 1.54) is 10.1 Å². The summed E-state index contributed by atoms with van der Waals surface area (Å²) in [4.78, 5) is 26.9. The molecule has 0 aliphatic rings. The lowest BCUT2D eigenvalue weighted by Crippen LogP contribution is -2.38. The fraction of sp³-hybridized carbons (Fsp3) is 0.364. The summed E-state index contributed by atoms with van der Waals surface area (Å²) >= 11 is 5.94. The standard InChI is InChI=1S/C22H26ClN3O3/c1-3-25(4-2)19(16-8-6-5-7-9-16)15-24-21(27)12-13-26-18-11-10-17(23)14-20(18)29-22(26)28/h5-11,14,19H,3-4,12-13,15H2,1-2H3,(H,24,27). The number of aromatic nitrogens is 1. The fourth-order valence-electron chi connectivity index (χ4n) is 3.56. The van der Waals surface area contributed by atoms with Crippen LogP contribution in [0.3, 0.4) is 0 Å². The third kappa shape index (κ3) is 5.08. The van der Waals surface area contributed by atoms with E-state index in [1.807, 2.05) is 18.2 Å². The number of hydrogen-bond donors (Lipinski definition) is 1. The van der Waals surface area contributed by atoms with Crippen molar-refractivity contribution < 1.29 is 9.21 Å². The van der Waals surface area contributed by atoms with Crippen molar-refractivity contribution in [1.29, 1.82) is 0 Å². The second-order valence-corrected chi connectivity index (χ2v) is 7.27. The van der Waals surface area contributed by atoms with Crippen molar-refractivity contribution in [2.75, 3.05) is 19.6 Å². The average Bonchev–Trinajstić information content (AvgIpc) is 3.04. The predicted molar refractivity (Wildman–Crippen MR) is 115 cm³/mol. The van der Waals surface area contributed by atoms with Gasteiger partial charge in [-0.25, -0.2) is 4.79 Å². The van der Waals surface area contributed by atoms with Gasteiger partial charge in [-0.1, -0.05) is 55.8 Å². The van der Waals surface area contributed by atoms with Gasteiger partial charge in [-0.3, -0.25) is 14.3 Å². The highest BCUT2D eigenvalue weighted by Gasteiger charge is 2.19. The van der Waals surface area contributed by atoms with Crippen molar-refractivity contribution in [3.05, 3.63) is 69.7 Å². The summed E-state index contributed by atoms with van der Waals surface area (Å²) in [6.07, 6.45) is 0.191. The minimum atomic E-state index is -0.486. The lowest BCUT2D eigenvalue weighted by Gasteiger charge is -2.30. The first-order valence-electron chi connectivity index (χ1n) is 9.88. The van der Waals surface area contributed by atoms with E-state index in [4.69, 9.17) is 16.0 Å². The Morgan fingerprint density at radius 2 is 1.90 bits per heavy atom. The van der Waals surface area contributed by atoms with E-state index in [2.05, 4.69) is 36.2 Å². The molecule has 0 saturated carbocycles. The van der Waals surface area contributed by atoms with Crippen LogP contribution in [0.2, 0.25) is 5.02 Å². The predicted octanol–water partition coefficient (Wildman–Crippen LogP) is 3.84. The van der Waals surface area contributed by atoms with Crippen molar-refractivity contribution in [2.24, 2.45) is 0 Å². The van der Waals surface area contributed by atoms with Gasteiger partial charge >= 0.3 is 5.76 Å². The average molecular weight is 416 g/mol. The van der Waals surface area contributed by atoms with Crippen molar-refractivity contribution in [3.63, 3.8) is 0 Å². The van der Waals surface area contributed by atoms with E-state index in [0.717, 1.165) is 13.1 Å². The number of nitrogens with zero attached hydrogens (tertiary/aromatic N) is 2. The molecule has 0 fully saturated rings. The Bertz CT molecular complexity index is 1010. The Morgan fingerprint density at radius 3 is 2.59 bits per heavy atom. The molecular formula is C22H26ClN3O3. The maximum atomic E-state index is 12.5. The monoisotopic (exact) mass is 415 g/mol. The van der Waals surface area contributed by atoms with Gasteiger partial charge in [0.2, 0.25) is 5.91 Å². The van der Waals surface area contributed by atoms with Crippen LogP contribution < -0.4 is 11.1 Å². The summed E-state index contributed by atoms with van der Waals surface area (Å²) < 4.78 is 6.68. The molecule has 154 valence electrons. The fourth-order valence-corrected chi connectivity index (χ4v) is 3.72. The van der Waals surface area contributed by atoms with Crippen molar-refractivity contribution in [1.82, 2.24) is 14.8 Å². The summed E-state index contributed by atoms with van der Waals surface area (Å²) in [5, 5.41) is 3.52. The van der Waals surface area contributed by atoms with Gasteiger partial charge < -0.3 is 9.73 Å². The molecule has 1 aromatic heterocycles. The van der Waals surface area contributed by atoms with E-state index in [1.54, 1.807) is 18.2 Å². The summed E-state index contributed by atoms with van der Waals surface area (Å²) in [5.74, 6) is -0.589. The quantitative estimate of drug-likeness (QED) is 0.576. The molecule has 0 spiro atoms. The van der Waals surface area contributed by atoms with Crippen molar-refractivity contribution >= 4 is 28.6 Å². The van der Waals surface area contributed by atoms with Gasteiger partial charge in [0.25, 0.3) is 0 Å². The van der Waals surface area contributed by atoms with E-state index in [0.29, 0.717) is 22.7 Å². The lowest BCUT2D eigenvalue weighted by molar-refractivity contribution is -0.121. The van der Waals surface area contributed by atoms with E-state index in [-0.39, 0.29) is 24.9 Å². The smallest absolute Gasteiger partial charge is 0.408 e. The summed E-state index contributed by atoms with van der Waals surface area (Å²) in [6, 6.07) is 15.3. The number of amides is 1. The Labute approximate surface area is 175 Å². The maximum Gasteiger partial charge on any atom is 0.419 e. The number of nitrogens with one attached hydrogen (secondary N) is 1. The van der Waals surface area contributed by atoms with E-state index in [9.17, 15) is 9.59 Å². The SMILES string of the molecule is CCN(CC)C(CNC(=O)CCn1c(=O)oc2cc(Cl)ccc21)c1ccccc1. The normalized spacial score (nSPS) is 12.4. The highest BCUT2D eigenvalue weighted by Crippen LogP contribution is 2.20. The van der Waals surface area contributed by atoms with Crippen LogP contribution in [0, 0.1) is 0 Å². The Hall–Kier alpha value is -2.57. The Kier molecular flexibility index (Phi) is 7.12. The highest BCUT2D eigenvalue weighted by atomic mass is 35.5. The van der Waals surface area contributed by atoms with Crippen molar-refractivity contribution in [2.45, 2.75) is 32.9 Å². The molecule has 29 heavy (non-hydrogen) atoms. The largest absolute Gasteiger partial charge is 0.419 e. The summed E-state index contributed by atoms with van der Waals surface area (Å²) in [6.45, 7) is 6.78. The number of oxazole rings is 1. The molecule has 0 saturated heterocycles. The third-order valence-electron chi connectivity index (χ3n) is 5.12. The molecule has 1 unspecified atom stereocenters. The second kappa shape index (κ2) is 9.76. The van der Waals surface area contributed by atoms with Crippen LogP contribution in [0.4, 0.5) is 0 Å². The number of carbonyl (C=O) groups excluding carboxylic acids is 1. The molecule has 0 aliphatic carbocycles. The topological polar surface area (TPSA) is 67.5 Å². The van der Waals surface area contributed by atoms with Crippen LogP contribution >= 0.6 is 11.6 Å². The van der Waals surface area contributed by atoms with E-state index >= 15 is 0 Å². The van der Waals surface area contributed by atoms with Gasteiger partial charge in [0, 0.05) is 30.6 Å². The van der Waals surface area contributed by atoms with Crippen LogP contribution in [-0.2, 0) is 11.3 Å². The van der Waals surface area contributed by atoms with Crippen LogP contribution in [0.15, 0.2) is 57.7 Å². The maximum absolute atomic E-state index is 12.5. The van der Waals surface area contributed by atoms with Gasteiger partial charge in [-0.05, 0) is 30.8 Å². The lowest BCUT2D eigenvalue weighted by atomic mass is 10.1. The van der Waals surface area contributed by atoms with E-state index < -0.39 is 5.76 Å². The molecule has 0 aliphatic heterocycles. The molecule has 1 N–H and O–H groups in total. The summed E-state index contributed by atoms with van der Waals surface area (Å²) in [7, 11) is 0. The van der Waals surface area contributed by atoms with Gasteiger partial charge in [0.15, 0.2) is 5.58 Å². The van der Waals surface area contributed by atoms with Crippen molar-refractivity contribution in [3.8, 4) is 0 Å². The first kappa shape index (κ1) is 21.1. The number of carbonyl (C=O) groups is 1. The molecule has 3 rings (SSSR count). The molecule has 1 amide bonds.